The van der Waals surface area contributed by atoms with E-state index in [0.717, 1.165) is 5.69 Å². The van der Waals surface area contributed by atoms with E-state index in [-0.39, 0.29) is 0 Å². The van der Waals surface area contributed by atoms with Crippen molar-refractivity contribution in [3.05, 3.63) is 17.3 Å². The normalized spacial score (nSPS) is 11.9. The molecule has 1 aromatic heterocycles. The van der Waals surface area contributed by atoms with Crippen LogP contribution >= 0.6 is 0 Å². The van der Waals surface area contributed by atoms with Crippen LogP contribution in [0.15, 0.2) is 6.07 Å². The van der Waals surface area contributed by atoms with Crippen molar-refractivity contribution in [2.24, 2.45) is 0 Å². The molecule has 0 bridgehead atoms. The molecule has 0 amide bonds. The molecule has 0 aliphatic heterocycles. The van der Waals surface area contributed by atoms with Gasteiger partial charge in [-0.3, -0.25) is 0 Å². The fourth-order valence-corrected chi connectivity index (χ4v) is 1.29. The Kier molecular flexibility index (Phi) is 12.7. The van der Waals surface area contributed by atoms with E-state index in [0.29, 0.717) is 11.5 Å². The van der Waals surface area contributed by atoms with Gasteiger partial charge in [0.05, 0.1) is 5.69 Å². The van der Waals surface area contributed by atoms with Gasteiger partial charge >= 0.3 is 0 Å². The molecule has 3 heteroatoms. The molecule has 1 heterocycles. The standard InChI is InChI=1S/C8H9BN2.3C2H6/c1-5-7(6-2-3-6)4-8(9)11-10-5;3*1-2/h4,6H,2-3H2,1H3;3*1-2H3. The Morgan fingerprint density at radius 3 is 1.88 bits per heavy atom. The fourth-order valence-electron chi connectivity index (χ4n) is 1.29. The summed E-state index contributed by atoms with van der Waals surface area (Å²) in [5.41, 5.74) is 2.86. The number of aryl methyl sites for hydroxylation is 1. The van der Waals surface area contributed by atoms with Crippen LogP contribution in [0, 0.1) is 6.92 Å². The van der Waals surface area contributed by atoms with Crippen LogP contribution in [0.25, 0.3) is 0 Å². The van der Waals surface area contributed by atoms with E-state index in [9.17, 15) is 0 Å². The van der Waals surface area contributed by atoms with E-state index in [4.69, 9.17) is 7.85 Å². The fraction of sp³-hybridized carbons (Fsp3) is 0.714. The van der Waals surface area contributed by atoms with Crippen molar-refractivity contribution in [2.75, 3.05) is 0 Å². The first-order valence-corrected chi connectivity index (χ1v) is 6.87. The van der Waals surface area contributed by atoms with Gasteiger partial charge in [0.1, 0.15) is 7.85 Å². The van der Waals surface area contributed by atoms with Crippen LogP contribution in [-0.2, 0) is 0 Å². The summed E-state index contributed by atoms with van der Waals surface area (Å²) < 4.78 is 0. The Balaban J connectivity index is 0. The molecule has 1 aromatic rings. The van der Waals surface area contributed by atoms with Crippen molar-refractivity contribution in [1.82, 2.24) is 10.2 Å². The lowest BCUT2D eigenvalue weighted by Crippen LogP contribution is -2.12. The van der Waals surface area contributed by atoms with Crippen LogP contribution in [0.2, 0.25) is 0 Å². The zero-order valence-electron chi connectivity index (χ0n) is 12.5. The lowest BCUT2D eigenvalue weighted by Gasteiger charge is -2.01. The highest BCUT2D eigenvalue weighted by molar-refractivity contribution is 6.30. The molecule has 96 valence electrons. The van der Waals surface area contributed by atoms with Gasteiger partial charge in [-0.25, -0.2) is 0 Å². The predicted molar refractivity (Wildman–Crippen MR) is 78.2 cm³/mol. The number of aromatic nitrogens is 2. The molecule has 1 fully saturated rings. The first-order valence-electron chi connectivity index (χ1n) is 6.87. The van der Waals surface area contributed by atoms with Gasteiger partial charge in [-0.15, -0.1) is 0 Å². The molecule has 0 unspecified atom stereocenters. The highest BCUT2D eigenvalue weighted by Gasteiger charge is 2.25. The van der Waals surface area contributed by atoms with E-state index in [1.165, 1.54) is 18.4 Å². The van der Waals surface area contributed by atoms with Crippen molar-refractivity contribution in [3.63, 3.8) is 0 Å². The summed E-state index contributed by atoms with van der Waals surface area (Å²) in [6.45, 7) is 14.0. The van der Waals surface area contributed by atoms with E-state index in [2.05, 4.69) is 10.2 Å². The third-order valence-corrected chi connectivity index (χ3v) is 2.05. The minimum absolute atomic E-state index is 0.539. The molecule has 2 nitrogen and oxygen atoms in total. The van der Waals surface area contributed by atoms with Crippen molar-refractivity contribution < 1.29 is 0 Å². The zero-order valence-corrected chi connectivity index (χ0v) is 12.5. The third kappa shape index (κ3) is 7.14. The molecule has 0 saturated heterocycles. The second-order valence-corrected chi connectivity index (χ2v) is 3.08. The van der Waals surface area contributed by atoms with Crippen molar-refractivity contribution in [3.8, 4) is 0 Å². The molecule has 0 atom stereocenters. The maximum absolute atomic E-state index is 5.52. The molecular formula is C14H27BN2. The molecule has 17 heavy (non-hydrogen) atoms. The lowest BCUT2D eigenvalue weighted by atomic mass is 10.00. The SMILES string of the molecule is CC.CC.CC.[B]c1cc(C2CC2)c(C)nn1. The van der Waals surface area contributed by atoms with Gasteiger partial charge in [-0.2, -0.15) is 10.2 Å². The lowest BCUT2D eigenvalue weighted by molar-refractivity contribution is 0.946. The highest BCUT2D eigenvalue weighted by atomic mass is 15.1. The van der Waals surface area contributed by atoms with Gasteiger partial charge < -0.3 is 0 Å². The second kappa shape index (κ2) is 11.6. The molecule has 1 aliphatic rings. The molecule has 1 saturated carbocycles. The summed E-state index contributed by atoms with van der Waals surface area (Å²) in [6, 6.07) is 1.94. The van der Waals surface area contributed by atoms with Gasteiger partial charge in [-0.1, -0.05) is 41.5 Å². The summed E-state index contributed by atoms with van der Waals surface area (Å²) in [5.74, 6) is 0.716. The predicted octanol–water partition coefficient (Wildman–Crippen LogP) is 3.53. The van der Waals surface area contributed by atoms with Crippen molar-refractivity contribution in [1.29, 1.82) is 0 Å². The Morgan fingerprint density at radius 2 is 1.47 bits per heavy atom. The Hall–Kier alpha value is -0.855. The number of hydrogen-bond donors (Lipinski definition) is 0. The molecule has 1 aliphatic carbocycles. The quantitative estimate of drug-likeness (QED) is 0.694. The molecule has 0 aromatic carbocycles. The topological polar surface area (TPSA) is 25.8 Å². The summed E-state index contributed by atoms with van der Waals surface area (Å²) in [5, 5.41) is 7.74. The third-order valence-electron chi connectivity index (χ3n) is 2.05. The van der Waals surface area contributed by atoms with Gasteiger partial charge in [0.15, 0.2) is 0 Å². The Morgan fingerprint density at radius 1 is 1.00 bits per heavy atom. The van der Waals surface area contributed by atoms with Gasteiger partial charge in [0, 0.05) is 5.59 Å². The molecule has 2 radical (unpaired) electrons. The number of hydrogen-bond acceptors (Lipinski definition) is 2. The highest BCUT2D eigenvalue weighted by Crippen LogP contribution is 2.40. The Labute approximate surface area is 109 Å². The maximum atomic E-state index is 5.52. The minimum Gasteiger partial charge on any atom is -0.167 e. The van der Waals surface area contributed by atoms with Crippen LogP contribution in [0.1, 0.15) is 71.6 Å². The van der Waals surface area contributed by atoms with E-state index in [1.54, 1.807) is 0 Å². The molecule has 0 N–H and O–H groups in total. The average molecular weight is 234 g/mol. The molecule has 0 spiro atoms. The van der Waals surface area contributed by atoms with Crippen LogP contribution in [0.4, 0.5) is 0 Å². The average Bonchev–Trinajstić information content (AvgIpc) is 3.24. The monoisotopic (exact) mass is 234 g/mol. The summed E-state index contributed by atoms with van der Waals surface area (Å²) in [7, 11) is 5.52. The minimum atomic E-state index is 0.539. The van der Waals surface area contributed by atoms with Gasteiger partial charge in [0.25, 0.3) is 0 Å². The first kappa shape index (κ1) is 18.5. The molecular weight excluding hydrogens is 207 g/mol. The first-order chi connectivity index (χ1) is 8.27. The second-order valence-electron chi connectivity index (χ2n) is 3.08. The van der Waals surface area contributed by atoms with Gasteiger partial charge in [0.2, 0.25) is 0 Å². The summed E-state index contributed by atoms with van der Waals surface area (Å²) in [6.07, 6.45) is 2.57. The van der Waals surface area contributed by atoms with E-state index in [1.807, 2.05) is 54.5 Å². The van der Waals surface area contributed by atoms with Crippen molar-refractivity contribution >= 4 is 13.4 Å². The number of rotatable bonds is 1. The Bertz CT molecular complexity index is 284. The number of nitrogens with zero attached hydrogens (tertiary/aromatic N) is 2. The van der Waals surface area contributed by atoms with Crippen LogP contribution in [0.3, 0.4) is 0 Å². The van der Waals surface area contributed by atoms with Crippen LogP contribution in [0.5, 0.6) is 0 Å². The zero-order chi connectivity index (χ0) is 13.8. The summed E-state index contributed by atoms with van der Waals surface area (Å²) >= 11 is 0. The van der Waals surface area contributed by atoms with E-state index < -0.39 is 0 Å². The van der Waals surface area contributed by atoms with Crippen molar-refractivity contribution in [2.45, 2.75) is 67.2 Å². The smallest absolute Gasteiger partial charge is 0.144 e. The van der Waals surface area contributed by atoms with E-state index >= 15 is 0 Å². The van der Waals surface area contributed by atoms with Crippen LogP contribution < -0.4 is 5.59 Å². The van der Waals surface area contributed by atoms with Gasteiger partial charge in [-0.05, 0) is 37.3 Å². The summed E-state index contributed by atoms with van der Waals surface area (Å²) in [4.78, 5) is 0. The van der Waals surface area contributed by atoms with Crippen LogP contribution in [-0.4, -0.2) is 18.0 Å². The maximum Gasteiger partial charge on any atom is 0.144 e. The largest absolute Gasteiger partial charge is 0.167 e. The molecule has 2 rings (SSSR count).